The monoisotopic (exact) mass is 236 g/mol. The molecule has 3 atom stereocenters. The molecule has 1 aliphatic carbocycles. The molecular weight excluding hydrogens is 208 g/mol. The average Bonchev–Trinajstić information content (AvgIpc) is 2.98. The number of fused-ring (bicyclic) bond motifs is 2. The van der Waals surface area contributed by atoms with Crippen molar-refractivity contribution in [1.82, 2.24) is 10.2 Å². The molecule has 0 aromatic carbocycles. The van der Waals surface area contributed by atoms with Gasteiger partial charge in [-0.3, -0.25) is 4.90 Å². The van der Waals surface area contributed by atoms with Gasteiger partial charge in [-0.05, 0) is 57.4 Å². The fraction of sp³-hybridized carbons (Fsp3) is 1.00. The maximum Gasteiger partial charge on any atom is 0.0128 e. The minimum atomic E-state index is 0.639. The number of piperidine rings is 1. The van der Waals surface area contributed by atoms with Crippen LogP contribution in [-0.4, -0.2) is 35.6 Å². The highest BCUT2D eigenvalue weighted by molar-refractivity contribution is 5.02. The van der Waals surface area contributed by atoms with Crippen LogP contribution in [0.5, 0.6) is 0 Å². The van der Waals surface area contributed by atoms with Gasteiger partial charge >= 0.3 is 0 Å². The molecule has 3 rings (SSSR count). The van der Waals surface area contributed by atoms with E-state index >= 15 is 0 Å². The van der Waals surface area contributed by atoms with Gasteiger partial charge in [0, 0.05) is 24.2 Å². The molecule has 0 aromatic rings. The van der Waals surface area contributed by atoms with E-state index in [0.717, 1.165) is 24.2 Å². The standard InChI is InChI=1S/C15H28N2/c1-4-17(11(2)15(3)7-8-15)14-9-12-5-6-13(10-14)16-12/h11-14,16H,4-10H2,1-3H3. The summed E-state index contributed by atoms with van der Waals surface area (Å²) in [5.74, 6) is 0. The van der Waals surface area contributed by atoms with Crippen molar-refractivity contribution in [1.29, 1.82) is 0 Å². The molecule has 2 heterocycles. The summed E-state index contributed by atoms with van der Waals surface area (Å²) in [5, 5.41) is 3.77. The number of hydrogen-bond acceptors (Lipinski definition) is 2. The summed E-state index contributed by atoms with van der Waals surface area (Å²) in [6.07, 6.45) is 8.52. The summed E-state index contributed by atoms with van der Waals surface area (Å²) in [7, 11) is 0. The van der Waals surface area contributed by atoms with Gasteiger partial charge in [0.05, 0.1) is 0 Å². The highest BCUT2D eigenvalue weighted by atomic mass is 15.2. The van der Waals surface area contributed by atoms with Crippen LogP contribution < -0.4 is 5.32 Å². The Balaban J connectivity index is 1.68. The summed E-state index contributed by atoms with van der Waals surface area (Å²) in [6.45, 7) is 8.55. The predicted molar refractivity (Wildman–Crippen MR) is 72.2 cm³/mol. The zero-order valence-electron chi connectivity index (χ0n) is 11.7. The van der Waals surface area contributed by atoms with Gasteiger partial charge in [0.1, 0.15) is 0 Å². The topological polar surface area (TPSA) is 15.3 Å². The van der Waals surface area contributed by atoms with E-state index in [-0.39, 0.29) is 0 Å². The van der Waals surface area contributed by atoms with Crippen molar-refractivity contribution >= 4 is 0 Å². The molecule has 2 bridgehead atoms. The van der Waals surface area contributed by atoms with Crippen LogP contribution in [0, 0.1) is 5.41 Å². The summed E-state index contributed by atoms with van der Waals surface area (Å²) in [6, 6.07) is 3.29. The van der Waals surface area contributed by atoms with Crippen molar-refractivity contribution in [3.05, 3.63) is 0 Å². The van der Waals surface area contributed by atoms with Crippen LogP contribution in [0.15, 0.2) is 0 Å². The summed E-state index contributed by atoms with van der Waals surface area (Å²) in [4.78, 5) is 2.82. The highest BCUT2D eigenvalue weighted by Gasteiger charge is 2.47. The van der Waals surface area contributed by atoms with Gasteiger partial charge < -0.3 is 5.32 Å². The van der Waals surface area contributed by atoms with E-state index < -0.39 is 0 Å². The smallest absolute Gasteiger partial charge is 0.0128 e. The lowest BCUT2D eigenvalue weighted by Gasteiger charge is -2.42. The third-order valence-electron chi connectivity index (χ3n) is 5.83. The molecule has 2 heteroatoms. The highest BCUT2D eigenvalue weighted by Crippen LogP contribution is 2.50. The van der Waals surface area contributed by atoms with Crippen LogP contribution in [0.3, 0.4) is 0 Å². The molecule has 0 amide bonds. The first-order valence-corrected chi connectivity index (χ1v) is 7.64. The number of nitrogens with one attached hydrogen (secondary N) is 1. The van der Waals surface area contributed by atoms with E-state index in [2.05, 4.69) is 31.0 Å². The van der Waals surface area contributed by atoms with Crippen LogP contribution in [0.4, 0.5) is 0 Å². The van der Waals surface area contributed by atoms with Crippen LogP contribution >= 0.6 is 0 Å². The Morgan fingerprint density at radius 2 is 1.82 bits per heavy atom. The van der Waals surface area contributed by atoms with Gasteiger partial charge in [-0.25, -0.2) is 0 Å². The molecule has 2 nitrogen and oxygen atoms in total. The van der Waals surface area contributed by atoms with E-state index in [0.29, 0.717) is 5.41 Å². The first-order chi connectivity index (χ1) is 8.12. The molecule has 1 saturated carbocycles. The van der Waals surface area contributed by atoms with E-state index in [1.54, 1.807) is 0 Å². The van der Waals surface area contributed by atoms with E-state index in [1.165, 1.54) is 45.1 Å². The van der Waals surface area contributed by atoms with Crippen molar-refractivity contribution in [2.75, 3.05) is 6.54 Å². The number of rotatable bonds is 4. The average molecular weight is 236 g/mol. The lowest BCUT2D eigenvalue weighted by Crippen LogP contribution is -2.52. The largest absolute Gasteiger partial charge is 0.311 e. The van der Waals surface area contributed by atoms with Crippen LogP contribution in [0.2, 0.25) is 0 Å². The fourth-order valence-corrected chi connectivity index (χ4v) is 4.16. The molecule has 3 unspecified atom stereocenters. The molecular formula is C15H28N2. The van der Waals surface area contributed by atoms with Crippen molar-refractivity contribution in [2.45, 2.75) is 83.5 Å². The maximum absolute atomic E-state index is 3.77. The lowest BCUT2D eigenvalue weighted by molar-refractivity contribution is 0.0733. The first kappa shape index (κ1) is 12.0. The Kier molecular flexibility index (Phi) is 2.99. The molecule has 2 aliphatic heterocycles. The third-order valence-corrected chi connectivity index (χ3v) is 5.83. The molecule has 98 valence electrons. The van der Waals surface area contributed by atoms with Crippen molar-refractivity contribution in [3.8, 4) is 0 Å². The van der Waals surface area contributed by atoms with Gasteiger partial charge in [-0.15, -0.1) is 0 Å². The van der Waals surface area contributed by atoms with Gasteiger partial charge in [-0.1, -0.05) is 13.8 Å². The second kappa shape index (κ2) is 4.24. The van der Waals surface area contributed by atoms with Crippen LogP contribution in [0.1, 0.15) is 59.3 Å². The van der Waals surface area contributed by atoms with Crippen molar-refractivity contribution in [2.24, 2.45) is 5.41 Å². The molecule has 0 aromatic heterocycles. The van der Waals surface area contributed by atoms with Crippen molar-refractivity contribution in [3.63, 3.8) is 0 Å². The molecule has 3 fully saturated rings. The summed E-state index contributed by atoms with van der Waals surface area (Å²) >= 11 is 0. The van der Waals surface area contributed by atoms with Gasteiger partial charge in [0.15, 0.2) is 0 Å². The minimum Gasteiger partial charge on any atom is -0.311 e. The zero-order chi connectivity index (χ0) is 12.0. The maximum atomic E-state index is 3.77. The van der Waals surface area contributed by atoms with Crippen molar-refractivity contribution < 1.29 is 0 Å². The first-order valence-electron chi connectivity index (χ1n) is 7.64. The Hall–Kier alpha value is -0.0800. The molecule has 17 heavy (non-hydrogen) atoms. The van der Waals surface area contributed by atoms with Crippen LogP contribution in [0.25, 0.3) is 0 Å². The minimum absolute atomic E-state index is 0.639. The molecule has 0 radical (unpaired) electrons. The SMILES string of the molecule is CCN(C1CC2CCC(C1)N2)C(C)C1(C)CC1. The van der Waals surface area contributed by atoms with E-state index in [1.807, 2.05) is 0 Å². The Bertz CT molecular complexity index is 273. The number of nitrogens with zero attached hydrogens (tertiary/aromatic N) is 1. The molecule has 1 N–H and O–H groups in total. The molecule has 3 aliphatic rings. The van der Waals surface area contributed by atoms with E-state index in [9.17, 15) is 0 Å². The second-order valence-electron chi connectivity index (χ2n) is 6.92. The Labute approximate surface area is 106 Å². The van der Waals surface area contributed by atoms with E-state index in [4.69, 9.17) is 0 Å². The molecule has 2 saturated heterocycles. The number of hydrogen-bond donors (Lipinski definition) is 1. The lowest BCUT2D eigenvalue weighted by atomic mass is 9.92. The zero-order valence-corrected chi connectivity index (χ0v) is 11.7. The quantitative estimate of drug-likeness (QED) is 0.807. The van der Waals surface area contributed by atoms with Gasteiger partial charge in [-0.2, -0.15) is 0 Å². The summed E-state index contributed by atoms with van der Waals surface area (Å²) < 4.78 is 0. The normalized spacial score (nSPS) is 40.6. The fourth-order valence-electron chi connectivity index (χ4n) is 4.16. The van der Waals surface area contributed by atoms with Gasteiger partial charge in [0.25, 0.3) is 0 Å². The van der Waals surface area contributed by atoms with Gasteiger partial charge in [0.2, 0.25) is 0 Å². The Morgan fingerprint density at radius 3 is 2.29 bits per heavy atom. The molecule has 0 spiro atoms. The van der Waals surface area contributed by atoms with Crippen LogP contribution in [-0.2, 0) is 0 Å². The predicted octanol–water partition coefficient (Wildman–Crippen LogP) is 2.78. The summed E-state index contributed by atoms with van der Waals surface area (Å²) in [5.41, 5.74) is 0.639. The Morgan fingerprint density at radius 1 is 1.24 bits per heavy atom. The second-order valence-corrected chi connectivity index (χ2v) is 6.92. The third kappa shape index (κ3) is 2.15.